The zero-order chi connectivity index (χ0) is 16.4. The first-order valence-corrected chi connectivity index (χ1v) is 8.85. The fourth-order valence-corrected chi connectivity index (χ4v) is 3.43. The lowest BCUT2D eigenvalue weighted by Gasteiger charge is -2.34. The van der Waals surface area contributed by atoms with Crippen molar-refractivity contribution < 1.29 is 9.59 Å². The molecule has 1 N–H and O–H groups in total. The molecule has 0 unspecified atom stereocenters. The number of carbonyl (C=O) groups is 2. The van der Waals surface area contributed by atoms with Crippen LogP contribution in [0.4, 0.5) is 0 Å². The van der Waals surface area contributed by atoms with Crippen molar-refractivity contribution in [2.75, 3.05) is 32.7 Å². The summed E-state index contributed by atoms with van der Waals surface area (Å²) in [7, 11) is 0. The number of hydrogen-bond acceptors (Lipinski definition) is 5. The summed E-state index contributed by atoms with van der Waals surface area (Å²) in [5.41, 5.74) is 0.823. The topological polar surface area (TPSA) is 74.7 Å². The predicted molar refractivity (Wildman–Crippen MR) is 87.5 cm³/mol. The van der Waals surface area contributed by atoms with Gasteiger partial charge < -0.3 is 10.2 Å². The molecule has 1 saturated heterocycles. The first-order valence-electron chi connectivity index (χ1n) is 7.97. The summed E-state index contributed by atoms with van der Waals surface area (Å²) in [5, 5.41) is 4.75. The molecule has 1 aliphatic carbocycles. The maximum Gasteiger partial charge on any atom is 0.307 e. The molecule has 126 valence electrons. The van der Waals surface area contributed by atoms with Crippen LogP contribution in [0.5, 0.6) is 0 Å². The summed E-state index contributed by atoms with van der Waals surface area (Å²) in [6.07, 6.45) is 2.19. The number of aromatic nitrogens is 1. The molecule has 0 bridgehead atoms. The van der Waals surface area contributed by atoms with Gasteiger partial charge in [0.25, 0.3) is 0 Å². The van der Waals surface area contributed by atoms with Crippen LogP contribution in [0.3, 0.4) is 0 Å². The van der Waals surface area contributed by atoms with Crippen molar-refractivity contribution in [1.82, 2.24) is 19.7 Å². The highest BCUT2D eigenvalue weighted by Gasteiger charge is 2.26. The smallest absolute Gasteiger partial charge is 0.307 e. The number of piperazine rings is 1. The molecule has 0 spiro atoms. The quantitative estimate of drug-likeness (QED) is 0.796. The Labute approximate surface area is 138 Å². The summed E-state index contributed by atoms with van der Waals surface area (Å²) in [6, 6.07) is 0.387. The maximum absolute atomic E-state index is 12.3. The van der Waals surface area contributed by atoms with Gasteiger partial charge in [0.05, 0.1) is 6.54 Å². The van der Waals surface area contributed by atoms with E-state index in [9.17, 15) is 14.4 Å². The van der Waals surface area contributed by atoms with Crippen LogP contribution >= 0.6 is 11.3 Å². The Bertz CT molecular complexity index is 641. The van der Waals surface area contributed by atoms with Crippen LogP contribution in [0.2, 0.25) is 0 Å². The second kappa shape index (κ2) is 6.84. The molecule has 3 rings (SSSR count). The van der Waals surface area contributed by atoms with E-state index in [0.29, 0.717) is 38.8 Å². The van der Waals surface area contributed by atoms with Crippen LogP contribution in [0.1, 0.15) is 18.5 Å². The Kier molecular flexibility index (Phi) is 4.82. The standard InChI is InChI=1S/C15H22N4O3S/c1-11-10-23-15(22)19(11)9-14(21)18-6-4-17(5-7-18)8-13(20)16-12-2-3-12/h10,12H,2-9H2,1H3,(H,16,20). The lowest BCUT2D eigenvalue weighted by atomic mass is 10.3. The SMILES string of the molecule is Cc1csc(=O)n1CC(=O)N1CCN(CC(=O)NC2CC2)CC1. The van der Waals surface area contributed by atoms with Crippen molar-refractivity contribution in [3.63, 3.8) is 0 Å². The molecular formula is C15H22N4O3S. The molecule has 1 aromatic heterocycles. The third-order valence-corrected chi connectivity index (χ3v) is 5.19. The van der Waals surface area contributed by atoms with E-state index in [-0.39, 0.29) is 23.2 Å². The average molecular weight is 338 g/mol. The summed E-state index contributed by atoms with van der Waals surface area (Å²) < 4.78 is 1.52. The molecule has 1 saturated carbocycles. The Hall–Kier alpha value is -1.67. The van der Waals surface area contributed by atoms with Gasteiger partial charge >= 0.3 is 4.87 Å². The van der Waals surface area contributed by atoms with Gasteiger partial charge in [-0.2, -0.15) is 0 Å². The Morgan fingerprint density at radius 2 is 1.91 bits per heavy atom. The number of nitrogens with one attached hydrogen (secondary N) is 1. The highest BCUT2D eigenvalue weighted by Crippen LogP contribution is 2.18. The lowest BCUT2D eigenvalue weighted by molar-refractivity contribution is -0.134. The maximum atomic E-state index is 12.3. The van der Waals surface area contributed by atoms with E-state index in [2.05, 4.69) is 10.2 Å². The van der Waals surface area contributed by atoms with Crippen molar-refractivity contribution in [2.45, 2.75) is 32.4 Å². The Balaban J connectivity index is 1.45. The molecule has 2 aliphatic rings. The Morgan fingerprint density at radius 3 is 2.48 bits per heavy atom. The van der Waals surface area contributed by atoms with Crippen LogP contribution in [-0.4, -0.2) is 64.9 Å². The number of carbonyl (C=O) groups excluding carboxylic acids is 2. The lowest BCUT2D eigenvalue weighted by Crippen LogP contribution is -2.52. The van der Waals surface area contributed by atoms with Gasteiger partial charge in [-0.25, -0.2) is 0 Å². The molecule has 1 aliphatic heterocycles. The van der Waals surface area contributed by atoms with E-state index in [1.54, 1.807) is 10.3 Å². The number of rotatable bonds is 5. The fourth-order valence-electron chi connectivity index (χ4n) is 2.69. The van der Waals surface area contributed by atoms with Gasteiger partial charge in [0, 0.05) is 43.3 Å². The average Bonchev–Trinajstić information content (AvgIpc) is 3.28. The van der Waals surface area contributed by atoms with E-state index < -0.39 is 0 Å². The third kappa shape index (κ3) is 4.20. The zero-order valence-electron chi connectivity index (χ0n) is 13.3. The van der Waals surface area contributed by atoms with Gasteiger partial charge in [-0.15, -0.1) is 0 Å². The third-order valence-electron chi connectivity index (χ3n) is 4.30. The van der Waals surface area contributed by atoms with Gasteiger partial charge in [0.1, 0.15) is 6.54 Å². The highest BCUT2D eigenvalue weighted by atomic mass is 32.1. The van der Waals surface area contributed by atoms with E-state index >= 15 is 0 Å². The van der Waals surface area contributed by atoms with Crippen molar-refractivity contribution in [2.24, 2.45) is 0 Å². The van der Waals surface area contributed by atoms with E-state index in [1.165, 1.54) is 4.57 Å². The van der Waals surface area contributed by atoms with Gasteiger partial charge in [0.15, 0.2) is 0 Å². The predicted octanol–water partition coefficient (Wildman–Crippen LogP) is -0.359. The number of nitrogens with zero attached hydrogens (tertiary/aromatic N) is 3. The fraction of sp³-hybridized carbons (Fsp3) is 0.667. The molecule has 2 fully saturated rings. The molecule has 0 radical (unpaired) electrons. The number of hydrogen-bond donors (Lipinski definition) is 1. The van der Waals surface area contributed by atoms with Crippen LogP contribution in [0, 0.1) is 6.92 Å². The van der Waals surface area contributed by atoms with Crippen LogP contribution in [-0.2, 0) is 16.1 Å². The van der Waals surface area contributed by atoms with Gasteiger partial charge in [0.2, 0.25) is 11.8 Å². The first-order chi connectivity index (χ1) is 11.0. The molecule has 8 heteroatoms. The normalized spacial score (nSPS) is 18.9. The summed E-state index contributed by atoms with van der Waals surface area (Å²) in [5.74, 6) is 0.0448. The minimum absolute atomic E-state index is 0.0318. The largest absolute Gasteiger partial charge is 0.352 e. The number of aryl methyl sites for hydroxylation is 1. The van der Waals surface area contributed by atoms with Crippen molar-refractivity contribution in [1.29, 1.82) is 0 Å². The summed E-state index contributed by atoms with van der Waals surface area (Å²) >= 11 is 1.12. The van der Waals surface area contributed by atoms with Crippen LogP contribution < -0.4 is 10.2 Å². The van der Waals surface area contributed by atoms with E-state index in [0.717, 1.165) is 29.9 Å². The molecule has 1 aromatic rings. The van der Waals surface area contributed by atoms with Gasteiger partial charge in [-0.3, -0.25) is 23.9 Å². The molecule has 2 heterocycles. The molecule has 0 aromatic carbocycles. The van der Waals surface area contributed by atoms with Gasteiger partial charge in [-0.1, -0.05) is 11.3 Å². The van der Waals surface area contributed by atoms with Crippen LogP contribution in [0.25, 0.3) is 0 Å². The minimum atomic E-state index is -0.0915. The zero-order valence-corrected chi connectivity index (χ0v) is 14.1. The molecule has 23 heavy (non-hydrogen) atoms. The second-order valence-corrected chi connectivity index (χ2v) is 7.05. The van der Waals surface area contributed by atoms with Crippen LogP contribution in [0.15, 0.2) is 10.2 Å². The monoisotopic (exact) mass is 338 g/mol. The van der Waals surface area contributed by atoms with E-state index in [1.807, 2.05) is 6.92 Å². The van der Waals surface area contributed by atoms with Gasteiger partial charge in [-0.05, 0) is 19.8 Å². The molecule has 2 amide bonds. The van der Waals surface area contributed by atoms with Crippen molar-refractivity contribution in [3.8, 4) is 0 Å². The Morgan fingerprint density at radius 1 is 1.22 bits per heavy atom. The summed E-state index contributed by atoms with van der Waals surface area (Å²) in [6.45, 7) is 4.95. The van der Waals surface area contributed by atoms with E-state index in [4.69, 9.17) is 0 Å². The number of thiazole rings is 1. The number of amides is 2. The summed E-state index contributed by atoms with van der Waals surface area (Å²) in [4.78, 5) is 39.6. The van der Waals surface area contributed by atoms with Crippen molar-refractivity contribution in [3.05, 3.63) is 20.7 Å². The molecule has 7 nitrogen and oxygen atoms in total. The first kappa shape index (κ1) is 16.2. The second-order valence-electron chi connectivity index (χ2n) is 6.23. The molecular weight excluding hydrogens is 316 g/mol. The minimum Gasteiger partial charge on any atom is -0.352 e. The highest BCUT2D eigenvalue weighted by molar-refractivity contribution is 7.07. The molecule has 0 atom stereocenters. The van der Waals surface area contributed by atoms with Crippen molar-refractivity contribution >= 4 is 23.2 Å².